The summed E-state index contributed by atoms with van der Waals surface area (Å²) in [5.41, 5.74) is 5.50. The number of nitrogens with one attached hydrogen (secondary N) is 1. The third-order valence-electron chi connectivity index (χ3n) is 10.6. The molecule has 7 heteroatoms. The number of carbonyl (C=O) groups excluding carboxylic acids is 2. The average Bonchev–Trinajstić information content (AvgIpc) is 3.21. The third kappa shape index (κ3) is 41.2. The van der Waals surface area contributed by atoms with E-state index in [1.807, 2.05) is 6.08 Å². The fourth-order valence-corrected chi connectivity index (χ4v) is 6.94. The minimum atomic E-state index is -1.03. The van der Waals surface area contributed by atoms with Gasteiger partial charge in [-0.1, -0.05) is 178 Å². The van der Waals surface area contributed by atoms with E-state index < -0.39 is 12.0 Å². The molecule has 0 spiro atoms. The maximum atomic E-state index is 12.8. The van der Waals surface area contributed by atoms with Gasteiger partial charge in [0.15, 0.2) is 0 Å². The van der Waals surface area contributed by atoms with Crippen molar-refractivity contribution in [2.75, 3.05) is 6.54 Å². The zero-order valence-electron chi connectivity index (χ0n) is 37.6. The van der Waals surface area contributed by atoms with E-state index in [1.54, 1.807) is 0 Å². The first kappa shape index (κ1) is 55.1. The van der Waals surface area contributed by atoms with Crippen LogP contribution in [-0.4, -0.2) is 41.6 Å². The highest BCUT2D eigenvalue weighted by atomic mass is 16.5. The number of unbranched alkanes of at least 4 members (excludes halogenated alkanes) is 21. The van der Waals surface area contributed by atoms with Gasteiger partial charge in [-0.15, -0.1) is 0 Å². The summed E-state index contributed by atoms with van der Waals surface area (Å²) in [7, 11) is 0. The van der Waals surface area contributed by atoms with E-state index in [4.69, 9.17) is 10.5 Å². The van der Waals surface area contributed by atoms with Gasteiger partial charge in [-0.05, 0) is 103 Å². The van der Waals surface area contributed by atoms with E-state index >= 15 is 0 Å². The normalized spacial score (nSPS) is 13.2. The van der Waals surface area contributed by atoms with Gasteiger partial charge in [-0.25, -0.2) is 4.79 Å². The Hall–Kier alpha value is -2.93. The summed E-state index contributed by atoms with van der Waals surface area (Å²) in [6, 6.07) is -0.894. The number of allylic oxidation sites excluding steroid dienone is 9. The molecule has 0 heterocycles. The minimum absolute atomic E-state index is 0.136. The number of nitrogens with two attached hydrogens (primary N) is 1. The molecule has 0 aromatic carbocycles. The molecule has 0 aromatic rings. The maximum absolute atomic E-state index is 12.8. The fraction of sp³-hybridized carbons (Fsp3) is 0.745. The van der Waals surface area contributed by atoms with E-state index in [-0.39, 0.29) is 24.4 Å². The lowest BCUT2D eigenvalue weighted by atomic mass is 10.0. The Kier molecular flexibility index (Phi) is 42.9. The number of ether oxygens (including phenoxy) is 1. The molecule has 0 bridgehead atoms. The molecule has 0 saturated heterocycles. The van der Waals surface area contributed by atoms with Gasteiger partial charge in [0.1, 0.15) is 12.1 Å². The highest BCUT2D eigenvalue weighted by Gasteiger charge is 2.19. The van der Waals surface area contributed by atoms with Crippen LogP contribution in [0.3, 0.4) is 0 Å². The van der Waals surface area contributed by atoms with Crippen molar-refractivity contribution in [3.05, 3.63) is 60.8 Å². The standard InChI is InChI=1S/C51H90N2O5/c1-3-5-7-9-11-13-15-16-17-18-19-20-21-22-23-24-25-26-28-30-32-34-39-45-50(55)58-47(41-36-33-31-29-27-14-12-10-8-6-4-2)42-37-35-38-44-49(54)53-48(51(56)57)43-40-46-52/h6,8,12,14,18-19,29,31,36,41,47-48H,3-5,7,9-11,13,15-17,20-28,30,32-35,37-40,42-46,52H2,1-2H3,(H,53,54)(H,56,57)/b8-6-,14-12-,19-18-,31-29-,41-36-. The zero-order valence-corrected chi connectivity index (χ0v) is 37.6. The zero-order chi connectivity index (χ0) is 42.4. The summed E-state index contributed by atoms with van der Waals surface area (Å²) in [6.45, 7) is 4.81. The second-order valence-electron chi connectivity index (χ2n) is 16.1. The highest BCUT2D eigenvalue weighted by Crippen LogP contribution is 2.16. The Morgan fingerprint density at radius 1 is 0.534 bits per heavy atom. The molecule has 0 aliphatic rings. The van der Waals surface area contributed by atoms with E-state index in [2.05, 4.69) is 73.8 Å². The quantitative estimate of drug-likeness (QED) is 0.0321. The van der Waals surface area contributed by atoms with Gasteiger partial charge in [0, 0.05) is 12.8 Å². The van der Waals surface area contributed by atoms with Crippen molar-refractivity contribution in [2.45, 2.75) is 238 Å². The number of rotatable bonds is 43. The Morgan fingerprint density at radius 3 is 1.52 bits per heavy atom. The molecule has 0 rings (SSSR count). The predicted octanol–water partition coefficient (Wildman–Crippen LogP) is 14.1. The first-order valence-electron chi connectivity index (χ1n) is 24.1. The Balaban J connectivity index is 4.24. The molecule has 1 amide bonds. The van der Waals surface area contributed by atoms with Crippen molar-refractivity contribution in [3.63, 3.8) is 0 Å². The molecular formula is C51H90N2O5. The Labute approximate surface area is 357 Å². The van der Waals surface area contributed by atoms with Gasteiger partial charge in [-0.3, -0.25) is 9.59 Å². The monoisotopic (exact) mass is 811 g/mol. The van der Waals surface area contributed by atoms with Crippen LogP contribution in [0.4, 0.5) is 0 Å². The molecule has 58 heavy (non-hydrogen) atoms. The van der Waals surface area contributed by atoms with Crippen LogP contribution in [-0.2, 0) is 19.1 Å². The van der Waals surface area contributed by atoms with Crippen molar-refractivity contribution in [3.8, 4) is 0 Å². The number of amides is 1. The molecule has 2 atom stereocenters. The summed E-state index contributed by atoms with van der Waals surface area (Å²) < 4.78 is 5.91. The summed E-state index contributed by atoms with van der Waals surface area (Å²) in [4.78, 5) is 36.5. The number of esters is 1. The van der Waals surface area contributed by atoms with Gasteiger partial charge >= 0.3 is 11.9 Å². The number of aliphatic carboxylic acids is 1. The lowest BCUT2D eigenvalue weighted by molar-refractivity contribution is -0.147. The van der Waals surface area contributed by atoms with Crippen molar-refractivity contribution < 1.29 is 24.2 Å². The second kappa shape index (κ2) is 45.2. The molecule has 2 unspecified atom stereocenters. The Morgan fingerprint density at radius 2 is 1.00 bits per heavy atom. The summed E-state index contributed by atoms with van der Waals surface area (Å²) in [5.74, 6) is -1.42. The van der Waals surface area contributed by atoms with Gasteiger partial charge in [0.25, 0.3) is 0 Å². The van der Waals surface area contributed by atoms with Gasteiger partial charge in [0.2, 0.25) is 5.91 Å². The van der Waals surface area contributed by atoms with Crippen LogP contribution in [0.2, 0.25) is 0 Å². The van der Waals surface area contributed by atoms with E-state index in [9.17, 15) is 19.5 Å². The van der Waals surface area contributed by atoms with Crippen LogP contribution >= 0.6 is 0 Å². The predicted molar refractivity (Wildman–Crippen MR) is 248 cm³/mol. The van der Waals surface area contributed by atoms with E-state index in [0.29, 0.717) is 38.6 Å². The lowest BCUT2D eigenvalue weighted by Gasteiger charge is -2.15. The largest absolute Gasteiger partial charge is 0.480 e. The average molecular weight is 811 g/mol. The molecule has 0 aliphatic carbocycles. The van der Waals surface area contributed by atoms with Crippen molar-refractivity contribution in [2.24, 2.45) is 5.73 Å². The topological polar surface area (TPSA) is 119 Å². The van der Waals surface area contributed by atoms with Crippen LogP contribution < -0.4 is 11.1 Å². The molecule has 0 aliphatic heterocycles. The number of carboxylic acids is 1. The fourth-order valence-electron chi connectivity index (χ4n) is 6.94. The Bertz CT molecular complexity index is 1090. The summed E-state index contributed by atoms with van der Waals surface area (Å²) in [6.07, 6.45) is 57.3. The van der Waals surface area contributed by atoms with E-state index in [1.165, 1.54) is 122 Å². The van der Waals surface area contributed by atoms with Crippen molar-refractivity contribution >= 4 is 17.8 Å². The van der Waals surface area contributed by atoms with Crippen molar-refractivity contribution in [1.29, 1.82) is 0 Å². The first-order valence-corrected chi connectivity index (χ1v) is 24.1. The lowest BCUT2D eigenvalue weighted by Crippen LogP contribution is -2.40. The van der Waals surface area contributed by atoms with Gasteiger partial charge in [0.05, 0.1) is 0 Å². The van der Waals surface area contributed by atoms with Crippen LogP contribution in [0.5, 0.6) is 0 Å². The minimum Gasteiger partial charge on any atom is -0.480 e. The number of hydrogen-bond donors (Lipinski definition) is 3. The first-order chi connectivity index (χ1) is 28.4. The third-order valence-corrected chi connectivity index (χ3v) is 10.6. The van der Waals surface area contributed by atoms with E-state index in [0.717, 1.165) is 51.4 Å². The van der Waals surface area contributed by atoms with Gasteiger partial charge < -0.3 is 20.9 Å². The molecule has 334 valence electrons. The van der Waals surface area contributed by atoms with Crippen LogP contribution in [0.15, 0.2) is 60.8 Å². The van der Waals surface area contributed by atoms with Crippen molar-refractivity contribution in [1.82, 2.24) is 5.32 Å². The molecule has 0 fully saturated rings. The van der Waals surface area contributed by atoms with Crippen LogP contribution in [0.25, 0.3) is 0 Å². The molecule has 4 N–H and O–H groups in total. The molecule has 0 aromatic heterocycles. The smallest absolute Gasteiger partial charge is 0.326 e. The number of carbonyl (C=O) groups is 3. The molecule has 0 saturated carbocycles. The number of carboxylic acid groups (broad SMARTS) is 1. The number of hydrogen-bond acceptors (Lipinski definition) is 5. The molecule has 0 radical (unpaired) electrons. The molecule has 7 nitrogen and oxygen atoms in total. The summed E-state index contributed by atoms with van der Waals surface area (Å²) >= 11 is 0. The van der Waals surface area contributed by atoms with Gasteiger partial charge in [-0.2, -0.15) is 0 Å². The SMILES string of the molecule is CC/C=C\C/C=C\C/C=C\C/C=C\C(CCCCCC(=O)NC(CCCN)C(=O)O)OC(=O)CCCCCCCCCCCCC/C=C\CCCCCCCCCC. The molecular weight excluding hydrogens is 721 g/mol. The maximum Gasteiger partial charge on any atom is 0.326 e. The second-order valence-corrected chi connectivity index (χ2v) is 16.1. The van der Waals surface area contributed by atoms with Crippen LogP contribution in [0.1, 0.15) is 226 Å². The highest BCUT2D eigenvalue weighted by molar-refractivity contribution is 5.83. The van der Waals surface area contributed by atoms with Crippen LogP contribution in [0, 0.1) is 0 Å². The summed E-state index contributed by atoms with van der Waals surface area (Å²) in [5, 5.41) is 12.0.